The predicted octanol–water partition coefficient (Wildman–Crippen LogP) is 1.38. The van der Waals surface area contributed by atoms with E-state index in [0.717, 1.165) is 37.0 Å². The maximum Gasteiger partial charge on any atom is 0.132 e. The second-order valence-corrected chi connectivity index (χ2v) is 5.17. The Morgan fingerprint density at radius 1 is 1.32 bits per heavy atom. The second kappa shape index (κ2) is 7.25. The molecule has 0 aliphatic rings. The molecule has 1 heterocycles. The lowest BCUT2D eigenvalue weighted by atomic mass is 10.1. The summed E-state index contributed by atoms with van der Waals surface area (Å²) in [6.07, 6.45) is 0.941. The molecule has 108 valence electrons. The fourth-order valence-corrected chi connectivity index (χ4v) is 1.55. The van der Waals surface area contributed by atoms with E-state index in [9.17, 15) is 0 Å². The molecule has 0 aliphatic carbocycles. The lowest BCUT2D eigenvalue weighted by molar-refractivity contribution is 0.198. The molecule has 0 radical (unpaired) electrons. The number of nitrogens with two attached hydrogens (primary N) is 1. The average molecular weight is 267 g/mol. The van der Waals surface area contributed by atoms with Crippen LogP contribution in [0.1, 0.15) is 26.1 Å². The first-order valence-electron chi connectivity index (χ1n) is 6.53. The third-order valence-corrected chi connectivity index (χ3v) is 2.65. The molecule has 0 saturated carbocycles. The summed E-state index contributed by atoms with van der Waals surface area (Å²) in [6, 6.07) is 1.90. The zero-order valence-corrected chi connectivity index (χ0v) is 12.3. The first kappa shape index (κ1) is 15.7. The van der Waals surface area contributed by atoms with Gasteiger partial charge in [-0.25, -0.2) is 9.97 Å². The van der Waals surface area contributed by atoms with E-state index in [4.69, 9.17) is 10.5 Å². The van der Waals surface area contributed by atoms with Crippen molar-refractivity contribution in [2.75, 3.05) is 37.4 Å². The fourth-order valence-electron chi connectivity index (χ4n) is 1.55. The van der Waals surface area contributed by atoms with E-state index < -0.39 is 0 Å². The van der Waals surface area contributed by atoms with E-state index in [1.165, 1.54) is 0 Å². The van der Waals surface area contributed by atoms with E-state index in [2.05, 4.69) is 20.6 Å². The van der Waals surface area contributed by atoms with Crippen LogP contribution in [0, 0.1) is 6.92 Å². The van der Waals surface area contributed by atoms with Gasteiger partial charge in [-0.05, 0) is 27.2 Å². The molecule has 0 unspecified atom stereocenters. The summed E-state index contributed by atoms with van der Waals surface area (Å²) in [5.74, 6) is 2.34. The van der Waals surface area contributed by atoms with Crippen molar-refractivity contribution in [3.8, 4) is 0 Å². The Bertz CT molecular complexity index is 395. The molecule has 19 heavy (non-hydrogen) atoms. The van der Waals surface area contributed by atoms with Gasteiger partial charge in [-0.3, -0.25) is 0 Å². The lowest BCUT2D eigenvalue weighted by Gasteiger charge is -2.25. The molecule has 0 amide bonds. The van der Waals surface area contributed by atoms with Crippen LogP contribution in [0.2, 0.25) is 0 Å². The molecular weight excluding hydrogens is 242 g/mol. The highest BCUT2D eigenvalue weighted by molar-refractivity contribution is 5.48. The summed E-state index contributed by atoms with van der Waals surface area (Å²) < 4.78 is 5.01. The number of ether oxygens (including phenoxy) is 1. The zero-order chi connectivity index (χ0) is 14.3. The number of hydrogen-bond acceptors (Lipinski definition) is 6. The SMILES string of the molecule is COCCCNc1cc(NC(C)(C)CN)nc(C)n1. The topological polar surface area (TPSA) is 85.1 Å². The number of rotatable bonds is 8. The van der Waals surface area contributed by atoms with Crippen LogP contribution in [0.5, 0.6) is 0 Å². The normalized spacial score (nSPS) is 11.4. The van der Waals surface area contributed by atoms with Gasteiger partial charge in [0, 0.05) is 38.4 Å². The molecule has 1 rings (SSSR count). The molecular formula is C13H25N5O. The third kappa shape index (κ3) is 5.85. The fraction of sp³-hybridized carbons (Fsp3) is 0.692. The standard InChI is InChI=1S/C13H25N5O/c1-10-16-11(15-6-5-7-19-4)8-12(17-10)18-13(2,3)9-14/h8H,5-7,9,14H2,1-4H3,(H2,15,16,17,18). The van der Waals surface area contributed by atoms with Crippen molar-refractivity contribution in [3.63, 3.8) is 0 Å². The van der Waals surface area contributed by atoms with E-state index in [1.807, 2.05) is 26.8 Å². The Hall–Kier alpha value is -1.40. The smallest absolute Gasteiger partial charge is 0.132 e. The third-order valence-electron chi connectivity index (χ3n) is 2.65. The molecule has 0 aromatic carbocycles. The largest absolute Gasteiger partial charge is 0.385 e. The highest BCUT2D eigenvalue weighted by Crippen LogP contribution is 2.15. The quantitative estimate of drug-likeness (QED) is 0.617. The van der Waals surface area contributed by atoms with E-state index in [0.29, 0.717) is 6.54 Å². The van der Waals surface area contributed by atoms with E-state index in [-0.39, 0.29) is 5.54 Å². The van der Waals surface area contributed by atoms with Crippen molar-refractivity contribution >= 4 is 11.6 Å². The van der Waals surface area contributed by atoms with Gasteiger partial charge < -0.3 is 21.1 Å². The summed E-state index contributed by atoms with van der Waals surface area (Å²) in [4.78, 5) is 8.72. The van der Waals surface area contributed by atoms with Crippen molar-refractivity contribution in [1.29, 1.82) is 0 Å². The second-order valence-electron chi connectivity index (χ2n) is 5.17. The molecule has 6 heteroatoms. The van der Waals surface area contributed by atoms with Crippen LogP contribution in [0.25, 0.3) is 0 Å². The summed E-state index contributed by atoms with van der Waals surface area (Å²) in [7, 11) is 1.70. The molecule has 0 saturated heterocycles. The number of anilines is 2. The van der Waals surface area contributed by atoms with Crippen LogP contribution in [0.3, 0.4) is 0 Å². The van der Waals surface area contributed by atoms with Crippen molar-refractivity contribution in [2.45, 2.75) is 32.7 Å². The van der Waals surface area contributed by atoms with Crippen LogP contribution in [0.15, 0.2) is 6.07 Å². The van der Waals surface area contributed by atoms with Gasteiger partial charge >= 0.3 is 0 Å². The molecule has 6 nitrogen and oxygen atoms in total. The first-order valence-corrected chi connectivity index (χ1v) is 6.53. The number of nitrogens with one attached hydrogen (secondary N) is 2. The Morgan fingerprint density at radius 3 is 2.63 bits per heavy atom. The monoisotopic (exact) mass is 267 g/mol. The summed E-state index contributed by atoms with van der Waals surface area (Å²) >= 11 is 0. The number of nitrogens with zero attached hydrogens (tertiary/aromatic N) is 2. The number of aryl methyl sites for hydroxylation is 1. The minimum absolute atomic E-state index is 0.186. The molecule has 4 N–H and O–H groups in total. The van der Waals surface area contributed by atoms with Crippen LogP contribution in [0.4, 0.5) is 11.6 Å². The van der Waals surface area contributed by atoms with Gasteiger partial charge in [0.2, 0.25) is 0 Å². The maximum absolute atomic E-state index is 5.71. The molecule has 0 atom stereocenters. The lowest BCUT2D eigenvalue weighted by Crippen LogP contribution is -2.39. The van der Waals surface area contributed by atoms with Gasteiger partial charge in [-0.15, -0.1) is 0 Å². The van der Waals surface area contributed by atoms with Crippen LogP contribution >= 0.6 is 0 Å². The first-order chi connectivity index (χ1) is 8.96. The van der Waals surface area contributed by atoms with Gasteiger partial charge in [0.05, 0.1) is 0 Å². The maximum atomic E-state index is 5.71. The van der Waals surface area contributed by atoms with Crippen LogP contribution < -0.4 is 16.4 Å². The summed E-state index contributed by atoms with van der Waals surface area (Å²) in [6.45, 7) is 8.05. The molecule has 0 spiro atoms. The Morgan fingerprint density at radius 2 is 2.00 bits per heavy atom. The van der Waals surface area contributed by atoms with Gasteiger partial charge in [-0.1, -0.05) is 0 Å². The molecule has 0 bridgehead atoms. The van der Waals surface area contributed by atoms with E-state index in [1.54, 1.807) is 7.11 Å². The Kier molecular flexibility index (Phi) is 5.98. The van der Waals surface area contributed by atoms with Crippen LogP contribution in [-0.4, -0.2) is 42.3 Å². The minimum Gasteiger partial charge on any atom is -0.385 e. The Balaban J connectivity index is 2.66. The highest BCUT2D eigenvalue weighted by Gasteiger charge is 2.16. The van der Waals surface area contributed by atoms with E-state index >= 15 is 0 Å². The number of aromatic nitrogens is 2. The van der Waals surface area contributed by atoms with Crippen molar-refractivity contribution in [1.82, 2.24) is 9.97 Å². The van der Waals surface area contributed by atoms with Crippen molar-refractivity contribution < 1.29 is 4.74 Å². The van der Waals surface area contributed by atoms with Gasteiger partial charge in [-0.2, -0.15) is 0 Å². The van der Waals surface area contributed by atoms with Crippen molar-refractivity contribution in [2.24, 2.45) is 5.73 Å². The molecule has 0 aliphatic heterocycles. The average Bonchev–Trinajstić information content (AvgIpc) is 2.33. The molecule has 0 fully saturated rings. The van der Waals surface area contributed by atoms with Gasteiger partial charge in [0.1, 0.15) is 17.5 Å². The number of hydrogen-bond donors (Lipinski definition) is 3. The summed E-state index contributed by atoms with van der Waals surface area (Å²) in [5.41, 5.74) is 5.52. The molecule has 1 aromatic rings. The molecule has 1 aromatic heterocycles. The van der Waals surface area contributed by atoms with Crippen molar-refractivity contribution in [3.05, 3.63) is 11.9 Å². The highest BCUT2D eigenvalue weighted by atomic mass is 16.5. The van der Waals surface area contributed by atoms with Gasteiger partial charge in [0.15, 0.2) is 0 Å². The van der Waals surface area contributed by atoms with Gasteiger partial charge in [0.25, 0.3) is 0 Å². The summed E-state index contributed by atoms with van der Waals surface area (Å²) in [5, 5.41) is 6.57. The van der Waals surface area contributed by atoms with Crippen LogP contribution in [-0.2, 0) is 4.74 Å². The minimum atomic E-state index is -0.186. The zero-order valence-electron chi connectivity index (χ0n) is 12.3. The predicted molar refractivity (Wildman–Crippen MR) is 78.5 cm³/mol. The Labute approximate surface area is 115 Å². The number of methoxy groups -OCH3 is 1.